The Morgan fingerprint density at radius 3 is 2.48 bits per heavy atom. The van der Waals surface area contributed by atoms with Crippen molar-refractivity contribution in [1.29, 1.82) is 0 Å². The number of carbonyl (C=O) groups is 1. The van der Waals surface area contributed by atoms with Crippen molar-refractivity contribution in [3.05, 3.63) is 34.9 Å². The summed E-state index contributed by atoms with van der Waals surface area (Å²) in [4.78, 5) is 14.6. The number of rotatable bonds is 2. The van der Waals surface area contributed by atoms with Crippen molar-refractivity contribution in [2.45, 2.75) is 64.6 Å². The molecule has 21 heavy (non-hydrogen) atoms. The maximum Gasteiger partial charge on any atom is 0.254 e. The molecule has 1 fully saturated rings. The van der Waals surface area contributed by atoms with Gasteiger partial charge < -0.3 is 10.0 Å². The average Bonchev–Trinajstić information content (AvgIpc) is 2.74. The highest BCUT2D eigenvalue weighted by Crippen LogP contribution is 2.37. The number of hydrogen-bond donors (Lipinski definition) is 1. The second-order valence-electron chi connectivity index (χ2n) is 7.25. The number of amides is 1. The first-order valence-electron chi connectivity index (χ1n) is 7.99. The Hall–Kier alpha value is -1.35. The lowest BCUT2D eigenvalue weighted by molar-refractivity contribution is -0.0106. The van der Waals surface area contributed by atoms with Gasteiger partial charge >= 0.3 is 0 Å². The van der Waals surface area contributed by atoms with E-state index in [0.29, 0.717) is 12.0 Å². The molecule has 3 nitrogen and oxygen atoms in total. The van der Waals surface area contributed by atoms with E-state index in [9.17, 15) is 9.90 Å². The highest BCUT2D eigenvalue weighted by molar-refractivity contribution is 5.98. The molecule has 1 aliphatic carbocycles. The Bertz CT molecular complexity index is 551. The van der Waals surface area contributed by atoms with Crippen molar-refractivity contribution in [1.82, 2.24) is 4.90 Å². The third-order valence-electron chi connectivity index (χ3n) is 5.23. The first-order valence-corrected chi connectivity index (χ1v) is 7.99. The van der Waals surface area contributed by atoms with Crippen LogP contribution in [0.25, 0.3) is 0 Å². The molecule has 0 atom stereocenters. The van der Waals surface area contributed by atoms with E-state index in [1.54, 1.807) is 0 Å². The summed E-state index contributed by atoms with van der Waals surface area (Å²) in [5.74, 6) is 0.549. The van der Waals surface area contributed by atoms with Gasteiger partial charge in [0.05, 0.1) is 5.60 Å². The summed E-state index contributed by atoms with van der Waals surface area (Å²) in [6.07, 6.45) is 4.03. The Morgan fingerprint density at radius 2 is 1.86 bits per heavy atom. The molecule has 1 aromatic carbocycles. The molecular weight excluding hydrogens is 262 g/mol. The van der Waals surface area contributed by atoms with Gasteiger partial charge in [0.25, 0.3) is 5.91 Å². The second-order valence-corrected chi connectivity index (χ2v) is 7.25. The molecule has 1 amide bonds. The molecule has 0 bridgehead atoms. The van der Waals surface area contributed by atoms with E-state index in [4.69, 9.17) is 0 Å². The number of carbonyl (C=O) groups excluding carboxylic acids is 1. The molecule has 1 saturated carbocycles. The predicted octanol–water partition coefficient (Wildman–Crippen LogP) is 3.28. The van der Waals surface area contributed by atoms with E-state index in [1.165, 1.54) is 11.1 Å². The van der Waals surface area contributed by atoms with Crippen molar-refractivity contribution >= 4 is 5.91 Å². The maximum absolute atomic E-state index is 12.6. The van der Waals surface area contributed by atoms with E-state index in [1.807, 2.05) is 30.9 Å². The minimum absolute atomic E-state index is 0.191. The molecule has 0 radical (unpaired) electrons. The summed E-state index contributed by atoms with van der Waals surface area (Å²) in [6, 6.07) is 6.46. The van der Waals surface area contributed by atoms with Crippen LogP contribution >= 0.6 is 0 Å². The Morgan fingerprint density at radius 1 is 1.19 bits per heavy atom. The van der Waals surface area contributed by atoms with Crippen LogP contribution in [0.5, 0.6) is 0 Å². The molecule has 1 N–H and O–H groups in total. The molecule has 2 aliphatic rings. The fourth-order valence-electron chi connectivity index (χ4n) is 3.86. The van der Waals surface area contributed by atoms with Crippen molar-refractivity contribution in [2.75, 3.05) is 0 Å². The Balaban J connectivity index is 1.69. The fraction of sp³-hybridized carbons (Fsp3) is 0.611. The number of hydrogen-bond acceptors (Lipinski definition) is 2. The van der Waals surface area contributed by atoms with Crippen molar-refractivity contribution < 1.29 is 9.90 Å². The highest BCUT2D eigenvalue weighted by atomic mass is 16.3. The van der Waals surface area contributed by atoms with Crippen LogP contribution in [0.3, 0.4) is 0 Å². The zero-order valence-corrected chi connectivity index (χ0v) is 13.2. The molecule has 0 unspecified atom stereocenters. The van der Waals surface area contributed by atoms with Gasteiger partial charge in [-0.15, -0.1) is 0 Å². The molecule has 0 spiro atoms. The average molecular weight is 287 g/mol. The third kappa shape index (κ3) is 2.71. The Labute approximate surface area is 127 Å². The number of aliphatic hydroxyl groups is 1. The minimum Gasteiger partial charge on any atom is -0.390 e. The van der Waals surface area contributed by atoms with Gasteiger partial charge in [0.15, 0.2) is 0 Å². The van der Waals surface area contributed by atoms with Crippen LogP contribution in [0.1, 0.15) is 61.0 Å². The van der Waals surface area contributed by atoms with Crippen molar-refractivity contribution in [3.63, 3.8) is 0 Å². The van der Waals surface area contributed by atoms with Gasteiger partial charge in [-0.2, -0.15) is 0 Å². The van der Waals surface area contributed by atoms with Crippen LogP contribution in [0, 0.1) is 12.8 Å². The SMILES string of the molecule is Cc1ccc2c(c1)CN(C1CCC(C(C)(C)O)CC1)C2=O. The van der Waals surface area contributed by atoms with Gasteiger partial charge in [-0.3, -0.25) is 4.79 Å². The molecule has 0 aromatic heterocycles. The second kappa shape index (κ2) is 5.13. The smallest absolute Gasteiger partial charge is 0.254 e. The standard InChI is InChI=1S/C18H25NO2/c1-12-4-9-16-13(10-12)11-19(17(16)20)15-7-5-14(6-8-15)18(2,3)21/h4,9-10,14-15,21H,5-8,11H2,1-3H3. The van der Waals surface area contributed by atoms with E-state index in [0.717, 1.165) is 37.8 Å². The summed E-state index contributed by atoms with van der Waals surface area (Å²) in [7, 11) is 0. The first kappa shape index (κ1) is 14.6. The van der Waals surface area contributed by atoms with Crippen molar-refractivity contribution in [2.24, 2.45) is 5.92 Å². The van der Waals surface area contributed by atoms with E-state index < -0.39 is 5.60 Å². The molecule has 1 heterocycles. The molecule has 1 aromatic rings. The summed E-state index contributed by atoms with van der Waals surface area (Å²) in [6.45, 7) is 6.63. The van der Waals surface area contributed by atoms with Gasteiger partial charge in [-0.1, -0.05) is 17.7 Å². The molecule has 114 valence electrons. The molecule has 1 aliphatic heterocycles. The van der Waals surface area contributed by atoms with Gasteiger partial charge in [0, 0.05) is 18.2 Å². The lowest BCUT2D eigenvalue weighted by Crippen LogP contribution is -2.42. The van der Waals surface area contributed by atoms with Crippen molar-refractivity contribution in [3.8, 4) is 0 Å². The highest BCUT2D eigenvalue weighted by Gasteiger charge is 2.37. The fourth-order valence-corrected chi connectivity index (χ4v) is 3.86. The zero-order valence-electron chi connectivity index (χ0n) is 13.2. The topological polar surface area (TPSA) is 40.5 Å². The number of benzene rings is 1. The summed E-state index contributed by atoms with van der Waals surface area (Å²) in [5, 5.41) is 10.1. The lowest BCUT2D eigenvalue weighted by Gasteiger charge is -2.39. The van der Waals surface area contributed by atoms with Crippen LogP contribution < -0.4 is 0 Å². The largest absolute Gasteiger partial charge is 0.390 e. The quantitative estimate of drug-likeness (QED) is 0.907. The molecule has 0 saturated heterocycles. The van der Waals surface area contributed by atoms with Crippen LogP contribution in [0.2, 0.25) is 0 Å². The lowest BCUT2D eigenvalue weighted by atomic mass is 9.77. The molecule has 3 rings (SSSR count). The summed E-state index contributed by atoms with van der Waals surface area (Å²) >= 11 is 0. The van der Waals surface area contributed by atoms with Gasteiger partial charge in [-0.25, -0.2) is 0 Å². The van der Waals surface area contributed by atoms with E-state index >= 15 is 0 Å². The van der Waals surface area contributed by atoms with Crippen LogP contribution in [0.15, 0.2) is 18.2 Å². The van der Waals surface area contributed by atoms with Gasteiger partial charge in [-0.05, 0) is 64.0 Å². The monoisotopic (exact) mass is 287 g/mol. The zero-order chi connectivity index (χ0) is 15.2. The first-order chi connectivity index (χ1) is 9.86. The van der Waals surface area contributed by atoms with Crippen LogP contribution in [-0.4, -0.2) is 27.6 Å². The number of fused-ring (bicyclic) bond motifs is 1. The number of aryl methyl sites for hydroxylation is 1. The Kier molecular flexibility index (Phi) is 3.56. The number of nitrogens with zero attached hydrogens (tertiary/aromatic N) is 1. The van der Waals surface area contributed by atoms with Crippen LogP contribution in [-0.2, 0) is 6.54 Å². The normalized spacial score (nSPS) is 26.1. The van der Waals surface area contributed by atoms with Gasteiger partial charge in [0.2, 0.25) is 0 Å². The predicted molar refractivity (Wildman–Crippen MR) is 83.1 cm³/mol. The summed E-state index contributed by atoms with van der Waals surface area (Å²) in [5.41, 5.74) is 2.67. The molecule has 3 heteroatoms. The third-order valence-corrected chi connectivity index (χ3v) is 5.23. The minimum atomic E-state index is -0.597. The van der Waals surface area contributed by atoms with Gasteiger partial charge in [0.1, 0.15) is 0 Å². The molecular formula is C18H25NO2. The van der Waals surface area contributed by atoms with Crippen LogP contribution in [0.4, 0.5) is 0 Å². The van der Waals surface area contributed by atoms with E-state index in [-0.39, 0.29) is 5.91 Å². The summed E-state index contributed by atoms with van der Waals surface area (Å²) < 4.78 is 0. The van der Waals surface area contributed by atoms with E-state index in [2.05, 4.69) is 13.0 Å². The maximum atomic E-state index is 12.6.